The smallest absolute Gasteiger partial charge is 0.314 e. The SMILES string of the molecule is C[C@@H]1CNCCN1CCSC(F)(F)F. The minimum absolute atomic E-state index is 0.0672. The molecule has 1 heterocycles. The van der Waals surface area contributed by atoms with Crippen LogP contribution in [-0.2, 0) is 0 Å². The molecule has 0 aromatic heterocycles. The van der Waals surface area contributed by atoms with Crippen LogP contribution in [0.4, 0.5) is 13.2 Å². The third-order valence-corrected chi connectivity index (χ3v) is 3.00. The summed E-state index contributed by atoms with van der Waals surface area (Å²) in [6.07, 6.45) is 0. The van der Waals surface area contributed by atoms with Crippen molar-refractivity contribution in [3.8, 4) is 0 Å². The summed E-state index contributed by atoms with van der Waals surface area (Å²) in [5.74, 6) is 0.133. The van der Waals surface area contributed by atoms with E-state index in [0.717, 1.165) is 19.6 Å². The van der Waals surface area contributed by atoms with Crippen LogP contribution < -0.4 is 5.32 Å². The number of nitrogens with zero attached hydrogens (tertiary/aromatic N) is 1. The van der Waals surface area contributed by atoms with Crippen molar-refractivity contribution in [1.29, 1.82) is 0 Å². The molecule has 1 N–H and O–H groups in total. The van der Waals surface area contributed by atoms with Gasteiger partial charge in [0.2, 0.25) is 0 Å². The standard InChI is InChI=1S/C8H15F3N2S/c1-7-6-12-2-3-13(7)4-5-14-8(9,10)11/h7,12H,2-6H2,1H3/t7-/m1/s1. The Bertz CT molecular complexity index is 174. The zero-order valence-electron chi connectivity index (χ0n) is 8.10. The topological polar surface area (TPSA) is 15.3 Å². The highest BCUT2D eigenvalue weighted by atomic mass is 32.2. The van der Waals surface area contributed by atoms with Crippen LogP contribution in [0.5, 0.6) is 0 Å². The van der Waals surface area contributed by atoms with Gasteiger partial charge in [-0.3, -0.25) is 4.90 Å². The molecule has 1 saturated heterocycles. The number of alkyl halides is 3. The van der Waals surface area contributed by atoms with Crippen LogP contribution in [0.15, 0.2) is 0 Å². The molecular weight excluding hydrogens is 213 g/mol. The molecule has 1 rings (SSSR count). The van der Waals surface area contributed by atoms with Crippen LogP contribution >= 0.6 is 11.8 Å². The van der Waals surface area contributed by atoms with Gasteiger partial charge in [0.15, 0.2) is 0 Å². The summed E-state index contributed by atoms with van der Waals surface area (Å²) in [6.45, 7) is 5.15. The number of nitrogens with one attached hydrogen (secondary N) is 1. The first-order chi connectivity index (χ1) is 6.49. The van der Waals surface area contributed by atoms with Gasteiger partial charge in [-0.15, -0.1) is 0 Å². The summed E-state index contributed by atoms with van der Waals surface area (Å²) in [5, 5.41) is 3.20. The Hall–Kier alpha value is 0.0600. The fourth-order valence-electron chi connectivity index (χ4n) is 1.49. The molecule has 0 aromatic carbocycles. The first-order valence-corrected chi connectivity index (χ1v) is 5.63. The average Bonchev–Trinajstić information content (AvgIpc) is 2.06. The van der Waals surface area contributed by atoms with Gasteiger partial charge in [-0.25, -0.2) is 0 Å². The number of halogens is 3. The summed E-state index contributed by atoms with van der Waals surface area (Å²) in [4.78, 5) is 2.09. The van der Waals surface area contributed by atoms with Gasteiger partial charge in [0.25, 0.3) is 0 Å². The fraction of sp³-hybridized carbons (Fsp3) is 1.00. The lowest BCUT2D eigenvalue weighted by molar-refractivity contribution is -0.0329. The van der Waals surface area contributed by atoms with E-state index in [2.05, 4.69) is 10.2 Å². The highest BCUT2D eigenvalue weighted by Gasteiger charge is 2.28. The van der Waals surface area contributed by atoms with E-state index in [1.54, 1.807) is 0 Å². The van der Waals surface area contributed by atoms with Gasteiger partial charge in [0.05, 0.1) is 0 Å². The second-order valence-electron chi connectivity index (χ2n) is 3.38. The van der Waals surface area contributed by atoms with E-state index in [-0.39, 0.29) is 17.5 Å². The fourth-order valence-corrected chi connectivity index (χ4v) is 2.05. The van der Waals surface area contributed by atoms with Crippen LogP contribution in [0.3, 0.4) is 0 Å². The van der Waals surface area contributed by atoms with Crippen LogP contribution in [0.2, 0.25) is 0 Å². The lowest BCUT2D eigenvalue weighted by atomic mass is 10.2. The lowest BCUT2D eigenvalue weighted by Gasteiger charge is -2.33. The van der Waals surface area contributed by atoms with Crippen LogP contribution in [0.1, 0.15) is 6.92 Å². The van der Waals surface area contributed by atoms with Crippen molar-refractivity contribution in [3.63, 3.8) is 0 Å². The summed E-state index contributed by atoms with van der Waals surface area (Å²) in [5.41, 5.74) is -4.09. The molecule has 0 aromatic rings. The summed E-state index contributed by atoms with van der Waals surface area (Å²) < 4.78 is 35.5. The van der Waals surface area contributed by atoms with E-state index in [4.69, 9.17) is 0 Å². The Morgan fingerprint density at radius 3 is 2.79 bits per heavy atom. The Kier molecular flexibility index (Phi) is 4.53. The molecule has 0 unspecified atom stereocenters. The maximum absolute atomic E-state index is 11.8. The van der Waals surface area contributed by atoms with Crippen LogP contribution in [0, 0.1) is 0 Å². The third-order valence-electron chi connectivity index (χ3n) is 2.28. The molecule has 0 aliphatic carbocycles. The molecule has 0 radical (unpaired) electrons. The maximum atomic E-state index is 11.8. The van der Waals surface area contributed by atoms with Crippen molar-refractivity contribution in [2.24, 2.45) is 0 Å². The van der Waals surface area contributed by atoms with Gasteiger partial charge >= 0.3 is 5.51 Å². The minimum atomic E-state index is -4.09. The van der Waals surface area contributed by atoms with E-state index < -0.39 is 5.51 Å². The number of hydrogen-bond acceptors (Lipinski definition) is 3. The predicted octanol–water partition coefficient (Wildman–Crippen LogP) is 1.53. The summed E-state index contributed by atoms with van der Waals surface area (Å²) >= 11 is 0.0672. The van der Waals surface area contributed by atoms with Crippen LogP contribution in [0.25, 0.3) is 0 Å². The Balaban J connectivity index is 2.17. The van der Waals surface area contributed by atoms with Gasteiger partial charge in [0, 0.05) is 38.0 Å². The van der Waals surface area contributed by atoms with Gasteiger partial charge in [0.1, 0.15) is 0 Å². The Morgan fingerprint density at radius 1 is 1.50 bits per heavy atom. The number of rotatable bonds is 3. The molecule has 14 heavy (non-hydrogen) atoms. The average molecular weight is 228 g/mol. The van der Waals surface area contributed by atoms with E-state index in [9.17, 15) is 13.2 Å². The maximum Gasteiger partial charge on any atom is 0.441 e. The largest absolute Gasteiger partial charge is 0.441 e. The Labute approximate surface area is 86.2 Å². The molecule has 0 saturated carbocycles. The first kappa shape index (κ1) is 12.1. The van der Waals surface area contributed by atoms with Crippen LogP contribution in [-0.4, -0.2) is 48.4 Å². The Morgan fingerprint density at radius 2 is 2.21 bits per heavy atom. The zero-order chi connectivity index (χ0) is 10.6. The molecule has 1 atom stereocenters. The lowest BCUT2D eigenvalue weighted by Crippen LogP contribution is -2.50. The van der Waals surface area contributed by atoms with E-state index in [1.165, 1.54) is 0 Å². The van der Waals surface area contributed by atoms with Crippen molar-refractivity contribution in [2.45, 2.75) is 18.5 Å². The van der Waals surface area contributed by atoms with Gasteiger partial charge in [-0.1, -0.05) is 0 Å². The third kappa shape index (κ3) is 4.52. The molecule has 1 aliphatic rings. The molecule has 6 heteroatoms. The summed E-state index contributed by atoms with van der Waals surface area (Å²) in [6, 6.07) is 0.345. The zero-order valence-corrected chi connectivity index (χ0v) is 8.92. The van der Waals surface area contributed by atoms with Gasteiger partial charge in [-0.2, -0.15) is 13.2 Å². The molecule has 1 aliphatic heterocycles. The van der Waals surface area contributed by atoms with Crippen molar-refractivity contribution >= 4 is 11.8 Å². The number of piperazine rings is 1. The van der Waals surface area contributed by atoms with Crippen molar-refractivity contribution in [2.75, 3.05) is 31.9 Å². The van der Waals surface area contributed by atoms with E-state index in [0.29, 0.717) is 12.6 Å². The molecule has 1 fully saturated rings. The minimum Gasteiger partial charge on any atom is -0.314 e. The highest BCUT2D eigenvalue weighted by molar-refractivity contribution is 8.00. The van der Waals surface area contributed by atoms with Gasteiger partial charge < -0.3 is 5.32 Å². The number of thioether (sulfide) groups is 1. The van der Waals surface area contributed by atoms with Gasteiger partial charge in [-0.05, 0) is 18.7 Å². The van der Waals surface area contributed by atoms with Crippen molar-refractivity contribution in [1.82, 2.24) is 10.2 Å². The van der Waals surface area contributed by atoms with Crippen molar-refractivity contribution in [3.05, 3.63) is 0 Å². The second-order valence-corrected chi connectivity index (χ2v) is 4.54. The highest BCUT2D eigenvalue weighted by Crippen LogP contribution is 2.29. The van der Waals surface area contributed by atoms with Crippen molar-refractivity contribution < 1.29 is 13.2 Å². The molecule has 0 bridgehead atoms. The second kappa shape index (κ2) is 5.23. The molecule has 84 valence electrons. The van der Waals surface area contributed by atoms with E-state index >= 15 is 0 Å². The molecule has 0 amide bonds. The monoisotopic (exact) mass is 228 g/mol. The quantitative estimate of drug-likeness (QED) is 0.788. The molecular formula is C8H15F3N2S. The molecule has 0 spiro atoms. The van der Waals surface area contributed by atoms with E-state index in [1.807, 2.05) is 6.92 Å². The molecule has 2 nitrogen and oxygen atoms in total. The summed E-state index contributed by atoms with van der Waals surface area (Å²) in [7, 11) is 0. The first-order valence-electron chi connectivity index (χ1n) is 4.64. The normalized spacial score (nSPS) is 25.3. The predicted molar refractivity (Wildman–Crippen MR) is 52.4 cm³/mol. The number of hydrogen-bond donors (Lipinski definition) is 1.